The number of thioether (sulfide) groups is 1. The van der Waals surface area contributed by atoms with Gasteiger partial charge in [-0.1, -0.05) is 6.42 Å². The van der Waals surface area contributed by atoms with Gasteiger partial charge in [-0.05, 0) is 37.0 Å². The van der Waals surface area contributed by atoms with Crippen LogP contribution in [0.4, 0.5) is 5.69 Å². The van der Waals surface area contributed by atoms with Crippen LogP contribution < -0.4 is 5.32 Å². The lowest BCUT2D eigenvalue weighted by atomic mass is 10.2. The molecule has 0 bridgehead atoms. The summed E-state index contributed by atoms with van der Waals surface area (Å²) in [6.07, 6.45) is 7.36. The number of carbonyl (C=O) groups excluding carboxylic acids is 1. The molecule has 0 atom stereocenters. The number of anilines is 1. The first-order valence-electron chi connectivity index (χ1n) is 6.05. The van der Waals surface area contributed by atoms with Gasteiger partial charge in [0, 0.05) is 18.4 Å². The van der Waals surface area contributed by atoms with E-state index in [1.165, 1.54) is 25.7 Å². The van der Waals surface area contributed by atoms with Gasteiger partial charge in [0.1, 0.15) is 5.69 Å². The second-order valence-electron chi connectivity index (χ2n) is 3.90. The van der Waals surface area contributed by atoms with E-state index in [1.807, 2.05) is 17.8 Å². The zero-order valence-electron chi connectivity index (χ0n) is 10.9. The van der Waals surface area contributed by atoms with Crippen LogP contribution >= 0.6 is 11.8 Å². The molecule has 100 valence electrons. The van der Waals surface area contributed by atoms with E-state index in [4.69, 9.17) is 0 Å². The van der Waals surface area contributed by atoms with Crippen molar-refractivity contribution < 1.29 is 9.53 Å². The maximum absolute atomic E-state index is 11.3. The number of rotatable bonds is 8. The minimum atomic E-state index is -0.404. The summed E-state index contributed by atoms with van der Waals surface area (Å²) in [5, 5.41) is 3.29. The number of nitrogens with one attached hydrogen (secondary N) is 1. The van der Waals surface area contributed by atoms with Crippen molar-refractivity contribution in [3.05, 3.63) is 24.0 Å². The van der Waals surface area contributed by atoms with Crippen molar-refractivity contribution in [2.24, 2.45) is 0 Å². The quantitative estimate of drug-likeness (QED) is 0.580. The van der Waals surface area contributed by atoms with Gasteiger partial charge >= 0.3 is 5.97 Å². The predicted octanol–water partition coefficient (Wildman–Crippen LogP) is 2.81. The monoisotopic (exact) mass is 268 g/mol. The van der Waals surface area contributed by atoms with Crippen LogP contribution in [0.15, 0.2) is 18.3 Å². The molecular weight excluding hydrogens is 248 g/mol. The smallest absolute Gasteiger partial charge is 0.356 e. The van der Waals surface area contributed by atoms with Gasteiger partial charge in [-0.2, -0.15) is 11.8 Å². The highest BCUT2D eigenvalue weighted by Gasteiger charge is 2.06. The van der Waals surface area contributed by atoms with Gasteiger partial charge in [0.25, 0.3) is 0 Å². The minimum Gasteiger partial charge on any atom is -0.464 e. The van der Waals surface area contributed by atoms with Crippen LogP contribution in [0.2, 0.25) is 0 Å². The number of ether oxygens (including phenoxy) is 1. The van der Waals surface area contributed by atoms with Crippen LogP contribution in [-0.4, -0.2) is 36.6 Å². The number of unbranched alkanes of at least 4 members (excludes halogenated alkanes) is 2. The molecule has 0 radical (unpaired) electrons. The summed E-state index contributed by atoms with van der Waals surface area (Å²) >= 11 is 1.88. The Balaban J connectivity index is 2.32. The Labute approximate surface area is 113 Å². The molecule has 0 saturated carbocycles. The van der Waals surface area contributed by atoms with Gasteiger partial charge in [-0.25, -0.2) is 9.78 Å². The second-order valence-corrected chi connectivity index (χ2v) is 4.89. The van der Waals surface area contributed by atoms with Crippen molar-refractivity contribution in [3.8, 4) is 0 Å². The van der Waals surface area contributed by atoms with E-state index in [2.05, 4.69) is 21.3 Å². The number of nitrogens with zero attached hydrogens (tertiary/aromatic N) is 1. The van der Waals surface area contributed by atoms with E-state index in [0.717, 1.165) is 18.7 Å². The van der Waals surface area contributed by atoms with Crippen molar-refractivity contribution in [3.63, 3.8) is 0 Å². The summed E-state index contributed by atoms with van der Waals surface area (Å²) in [5.74, 6) is 0.820. The van der Waals surface area contributed by atoms with Crippen molar-refractivity contribution in [1.29, 1.82) is 0 Å². The van der Waals surface area contributed by atoms with Crippen molar-refractivity contribution >= 4 is 23.4 Å². The zero-order chi connectivity index (χ0) is 13.2. The molecule has 0 amide bonds. The molecule has 0 aliphatic carbocycles. The van der Waals surface area contributed by atoms with Gasteiger partial charge in [0.05, 0.1) is 7.11 Å². The average Bonchev–Trinajstić information content (AvgIpc) is 2.42. The molecular formula is C13H20N2O2S. The Morgan fingerprint density at radius 2 is 2.28 bits per heavy atom. The standard InChI is InChI=1S/C13H20N2O2S/c1-17-13(16)12-10-11(6-8-15-12)14-7-4-3-5-9-18-2/h6,8,10H,3-5,7,9H2,1-2H3,(H,14,15). The average molecular weight is 268 g/mol. The van der Waals surface area contributed by atoms with E-state index in [0.29, 0.717) is 5.69 Å². The lowest BCUT2D eigenvalue weighted by molar-refractivity contribution is 0.0594. The molecule has 1 heterocycles. The van der Waals surface area contributed by atoms with E-state index in [1.54, 1.807) is 12.3 Å². The number of methoxy groups -OCH3 is 1. The Morgan fingerprint density at radius 1 is 1.44 bits per heavy atom. The number of pyridine rings is 1. The number of hydrogen-bond acceptors (Lipinski definition) is 5. The van der Waals surface area contributed by atoms with Crippen LogP contribution in [-0.2, 0) is 4.74 Å². The summed E-state index contributed by atoms with van der Waals surface area (Å²) < 4.78 is 4.63. The van der Waals surface area contributed by atoms with Crippen LogP contribution in [0.1, 0.15) is 29.8 Å². The maximum atomic E-state index is 11.3. The number of aromatic nitrogens is 1. The molecule has 1 aromatic heterocycles. The third-order valence-electron chi connectivity index (χ3n) is 2.51. The summed E-state index contributed by atoms with van der Waals surface area (Å²) in [4.78, 5) is 15.3. The van der Waals surface area contributed by atoms with Gasteiger partial charge in [0.2, 0.25) is 0 Å². The Kier molecular flexibility index (Phi) is 7.25. The largest absolute Gasteiger partial charge is 0.464 e. The molecule has 0 aromatic carbocycles. The molecule has 18 heavy (non-hydrogen) atoms. The fraction of sp³-hybridized carbons (Fsp3) is 0.538. The first-order valence-corrected chi connectivity index (χ1v) is 7.44. The van der Waals surface area contributed by atoms with Crippen molar-refractivity contribution in [1.82, 2.24) is 4.98 Å². The van der Waals surface area contributed by atoms with Gasteiger partial charge in [0.15, 0.2) is 0 Å². The predicted molar refractivity (Wildman–Crippen MR) is 76.3 cm³/mol. The van der Waals surface area contributed by atoms with E-state index in [9.17, 15) is 4.79 Å². The molecule has 0 unspecified atom stereocenters. The summed E-state index contributed by atoms with van der Waals surface area (Å²) in [6, 6.07) is 3.57. The highest BCUT2D eigenvalue weighted by Crippen LogP contribution is 2.09. The summed E-state index contributed by atoms with van der Waals surface area (Å²) in [6.45, 7) is 0.916. The topological polar surface area (TPSA) is 51.2 Å². The normalized spacial score (nSPS) is 10.1. The number of esters is 1. The Morgan fingerprint density at radius 3 is 3.00 bits per heavy atom. The Hall–Kier alpha value is -1.23. The zero-order valence-corrected chi connectivity index (χ0v) is 11.8. The van der Waals surface area contributed by atoms with Crippen LogP contribution in [0.3, 0.4) is 0 Å². The highest BCUT2D eigenvalue weighted by atomic mass is 32.2. The molecule has 4 nitrogen and oxygen atoms in total. The molecule has 5 heteroatoms. The van der Waals surface area contributed by atoms with Crippen LogP contribution in [0.5, 0.6) is 0 Å². The highest BCUT2D eigenvalue weighted by molar-refractivity contribution is 7.98. The van der Waals surface area contributed by atoms with Crippen LogP contribution in [0.25, 0.3) is 0 Å². The van der Waals surface area contributed by atoms with Crippen molar-refractivity contribution in [2.45, 2.75) is 19.3 Å². The number of hydrogen-bond donors (Lipinski definition) is 1. The molecule has 0 aliphatic rings. The van der Waals surface area contributed by atoms with Gasteiger partial charge in [-0.3, -0.25) is 0 Å². The third-order valence-corrected chi connectivity index (χ3v) is 3.21. The Bertz CT molecular complexity index is 372. The third kappa shape index (κ3) is 5.40. The lowest BCUT2D eigenvalue weighted by Gasteiger charge is -2.07. The van der Waals surface area contributed by atoms with E-state index < -0.39 is 5.97 Å². The summed E-state index contributed by atoms with van der Waals surface area (Å²) in [7, 11) is 1.36. The maximum Gasteiger partial charge on any atom is 0.356 e. The first kappa shape index (κ1) is 14.8. The first-order chi connectivity index (χ1) is 8.77. The molecule has 1 N–H and O–H groups in total. The minimum absolute atomic E-state index is 0.338. The molecule has 0 spiro atoms. The van der Waals surface area contributed by atoms with Gasteiger partial charge in [-0.15, -0.1) is 0 Å². The van der Waals surface area contributed by atoms with E-state index in [-0.39, 0.29) is 0 Å². The van der Waals surface area contributed by atoms with Gasteiger partial charge < -0.3 is 10.1 Å². The fourth-order valence-corrected chi connectivity index (χ4v) is 2.03. The molecule has 1 aromatic rings. The second kappa shape index (κ2) is 8.80. The fourth-order valence-electron chi connectivity index (χ4n) is 1.54. The molecule has 1 rings (SSSR count). The SMILES string of the molecule is COC(=O)c1cc(NCCCCCSC)ccn1. The summed E-state index contributed by atoms with van der Waals surface area (Å²) in [5.41, 5.74) is 1.25. The van der Waals surface area contributed by atoms with Crippen molar-refractivity contribution in [2.75, 3.05) is 31.0 Å². The number of carbonyl (C=O) groups is 1. The van der Waals surface area contributed by atoms with E-state index >= 15 is 0 Å². The molecule has 0 fully saturated rings. The lowest BCUT2D eigenvalue weighted by Crippen LogP contribution is -2.06. The molecule has 0 saturated heterocycles. The van der Waals surface area contributed by atoms with Crippen LogP contribution in [0, 0.1) is 0 Å². The molecule has 0 aliphatic heterocycles.